The molecule has 7 heavy (non-hydrogen) atoms. The molecule has 0 saturated carbocycles. The van der Waals surface area contributed by atoms with Gasteiger partial charge in [0.15, 0.2) is 5.78 Å². The van der Waals surface area contributed by atoms with Crippen LogP contribution < -0.4 is 0 Å². The summed E-state index contributed by atoms with van der Waals surface area (Å²) < 4.78 is 0. The number of allylic oxidation sites excluding steroid dienone is 2. The van der Waals surface area contributed by atoms with E-state index in [2.05, 4.69) is 0 Å². The van der Waals surface area contributed by atoms with Gasteiger partial charge in [0.1, 0.15) is 0 Å². The molecule has 0 aliphatic heterocycles. The van der Waals surface area contributed by atoms with Gasteiger partial charge in [-0.15, -0.1) is 0 Å². The number of nitriles is 1. The molecule has 0 radical (unpaired) electrons. The molecule has 36 valence electrons. The highest BCUT2D eigenvalue weighted by molar-refractivity contribution is 5.87. The first kappa shape index (κ1) is 5.90. The average molecular weight is 95.1 g/mol. The van der Waals surface area contributed by atoms with E-state index in [0.717, 1.165) is 6.08 Å². The molecule has 0 amide bonds. The van der Waals surface area contributed by atoms with E-state index in [-0.39, 0.29) is 5.78 Å². The maximum Gasteiger partial charge on any atom is 0.153 e. The predicted octanol–water partition coefficient (Wildman–Crippen LogP) is 0.655. The van der Waals surface area contributed by atoms with Crippen molar-refractivity contribution in [2.45, 2.75) is 6.92 Å². The largest absolute Gasteiger partial charge is 0.295 e. The number of ketones is 1. The highest BCUT2D eigenvalue weighted by atomic mass is 16.1. The molecule has 0 unspecified atom stereocenters. The zero-order valence-corrected chi connectivity index (χ0v) is 4.01. The summed E-state index contributed by atoms with van der Waals surface area (Å²) in [5, 5.41) is 7.83. The lowest BCUT2D eigenvalue weighted by Crippen LogP contribution is -1.76. The lowest BCUT2D eigenvalue weighted by molar-refractivity contribution is -0.112. The molecule has 2 nitrogen and oxygen atoms in total. The fourth-order valence-electron chi connectivity index (χ4n) is 0.155. The summed E-state index contributed by atoms with van der Waals surface area (Å²) >= 11 is 0. The van der Waals surface area contributed by atoms with Crippen LogP contribution in [0.2, 0.25) is 0 Å². The maximum absolute atomic E-state index is 9.96. The molecule has 0 saturated heterocycles. The Balaban J connectivity index is 3.53. The minimum Gasteiger partial charge on any atom is -0.295 e. The Hall–Kier alpha value is -1.10. The average Bonchev–Trinajstić information content (AvgIpc) is 1.61. The molecule has 0 rings (SSSR count). The van der Waals surface area contributed by atoms with E-state index in [0.29, 0.717) is 0 Å². The van der Waals surface area contributed by atoms with Crippen molar-refractivity contribution >= 4 is 5.78 Å². The van der Waals surface area contributed by atoms with Gasteiger partial charge in [-0.2, -0.15) is 5.26 Å². The lowest BCUT2D eigenvalue weighted by atomic mass is 10.4. The van der Waals surface area contributed by atoms with E-state index >= 15 is 0 Å². The fourth-order valence-corrected chi connectivity index (χ4v) is 0.155. The summed E-state index contributed by atoms with van der Waals surface area (Å²) in [4.78, 5) is 9.96. The highest BCUT2D eigenvalue weighted by Gasteiger charge is 1.75. The van der Waals surface area contributed by atoms with Crippen LogP contribution in [0.3, 0.4) is 0 Å². The van der Waals surface area contributed by atoms with Crippen molar-refractivity contribution in [1.29, 1.82) is 5.26 Å². The minimum absolute atomic E-state index is 0.0958. The molecule has 0 heterocycles. The summed E-state index contributed by atoms with van der Waals surface area (Å²) in [6.45, 7) is 1.40. The first-order valence-corrected chi connectivity index (χ1v) is 1.84. The third-order valence-corrected chi connectivity index (χ3v) is 0.393. The molecule has 0 aromatic carbocycles. The quantitative estimate of drug-likeness (QED) is 0.354. The van der Waals surface area contributed by atoms with E-state index < -0.39 is 0 Å². The van der Waals surface area contributed by atoms with Gasteiger partial charge < -0.3 is 0 Å². The predicted molar refractivity (Wildman–Crippen MR) is 25.4 cm³/mol. The number of hydrogen-bond donors (Lipinski definition) is 0. The Kier molecular flexibility index (Phi) is 2.62. The topological polar surface area (TPSA) is 40.9 Å². The van der Waals surface area contributed by atoms with Crippen LogP contribution in [0.5, 0.6) is 0 Å². The smallest absolute Gasteiger partial charge is 0.153 e. The van der Waals surface area contributed by atoms with Gasteiger partial charge in [-0.1, -0.05) is 0 Å². The second-order valence-electron chi connectivity index (χ2n) is 1.07. The first-order chi connectivity index (χ1) is 3.27. The summed E-state index contributed by atoms with van der Waals surface area (Å²) in [6, 6.07) is 1.70. The van der Waals surface area contributed by atoms with Crippen molar-refractivity contribution in [2.75, 3.05) is 0 Å². The van der Waals surface area contributed by atoms with Gasteiger partial charge in [-0.05, 0) is 13.0 Å². The van der Waals surface area contributed by atoms with Gasteiger partial charge in [0.2, 0.25) is 0 Å². The van der Waals surface area contributed by atoms with Crippen molar-refractivity contribution in [1.82, 2.24) is 0 Å². The zero-order chi connectivity index (χ0) is 5.70. The molecule has 0 bridgehead atoms. The van der Waals surface area contributed by atoms with Crippen LogP contribution in [0.1, 0.15) is 6.92 Å². The van der Waals surface area contributed by atoms with Crippen LogP contribution in [0, 0.1) is 11.3 Å². The Morgan fingerprint density at radius 1 is 1.86 bits per heavy atom. The Bertz CT molecular complexity index is 130. The van der Waals surface area contributed by atoms with Gasteiger partial charge in [0.05, 0.1) is 6.07 Å². The van der Waals surface area contributed by atoms with Gasteiger partial charge in [0.25, 0.3) is 0 Å². The summed E-state index contributed by atoms with van der Waals surface area (Å²) in [5.41, 5.74) is 0. The van der Waals surface area contributed by atoms with Crippen molar-refractivity contribution in [3.63, 3.8) is 0 Å². The van der Waals surface area contributed by atoms with Crippen LogP contribution in [0.25, 0.3) is 0 Å². The standard InChI is InChI=1S/C5H5NO/c1-5(7)3-2-4-6/h2-3H,1H3. The molecule has 0 N–H and O–H groups in total. The number of carbonyl (C=O) groups is 1. The number of hydrogen-bond acceptors (Lipinski definition) is 2. The number of carbonyl (C=O) groups excluding carboxylic acids is 1. The molecule has 0 aromatic heterocycles. The highest BCUT2D eigenvalue weighted by Crippen LogP contribution is 1.69. The lowest BCUT2D eigenvalue weighted by Gasteiger charge is -1.66. The Morgan fingerprint density at radius 3 is 2.57 bits per heavy atom. The van der Waals surface area contributed by atoms with Gasteiger partial charge in [-0.25, -0.2) is 0 Å². The van der Waals surface area contributed by atoms with Crippen molar-refractivity contribution < 1.29 is 4.79 Å². The Morgan fingerprint density at radius 2 is 2.43 bits per heavy atom. The summed E-state index contributed by atoms with van der Waals surface area (Å²) in [6.07, 6.45) is 2.38. The normalized spacial score (nSPS) is 8.57. The molecule has 0 aromatic rings. The van der Waals surface area contributed by atoms with Crippen LogP contribution >= 0.6 is 0 Å². The third kappa shape index (κ3) is 4.90. The molecular weight excluding hydrogens is 90.1 g/mol. The van der Waals surface area contributed by atoms with E-state index in [9.17, 15) is 4.79 Å². The van der Waals surface area contributed by atoms with E-state index in [1.807, 2.05) is 0 Å². The van der Waals surface area contributed by atoms with Gasteiger partial charge in [0, 0.05) is 6.08 Å². The van der Waals surface area contributed by atoms with Crippen LogP contribution in [-0.2, 0) is 4.79 Å². The zero-order valence-electron chi connectivity index (χ0n) is 4.01. The second-order valence-corrected chi connectivity index (χ2v) is 1.07. The minimum atomic E-state index is -0.0958. The van der Waals surface area contributed by atoms with E-state index in [4.69, 9.17) is 5.26 Å². The molecule has 2 heteroatoms. The van der Waals surface area contributed by atoms with Crippen LogP contribution in [0.15, 0.2) is 12.2 Å². The summed E-state index contributed by atoms with van der Waals surface area (Å²) in [5.74, 6) is -0.0958. The molecule has 0 aliphatic rings. The molecular formula is C5H5NO. The fraction of sp³-hybridized carbons (Fsp3) is 0.200. The van der Waals surface area contributed by atoms with Gasteiger partial charge in [-0.3, -0.25) is 4.79 Å². The molecule has 0 spiro atoms. The van der Waals surface area contributed by atoms with Crippen molar-refractivity contribution in [3.05, 3.63) is 12.2 Å². The SMILES string of the molecule is CC(=O)C=CC#N. The summed E-state index contributed by atoms with van der Waals surface area (Å²) in [7, 11) is 0. The van der Waals surface area contributed by atoms with Crippen molar-refractivity contribution in [2.24, 2.45) is 0 Å². The number of nitrogens with zero attached hydrogens (tertiary/aromatic N) is 1. The molecule has 0 fully saturated rings. The van der Waals surface area contributed by atoms with E-state index in [1.165, 1.54) is 13.0 Å². The second kappa shape index (κ2) is 3.10. The first-order valence-electron chi connectivity index (χ1n) is 1.84. The molecule has 0 aliphatic carbocycles. The van der Waals surface area contributed by atoms with Gasteiger partial charge >= 0.3 is 0 Å². The number of rotatable bonds is 1. The maximum atomic E-state index is 9.96. The molecule has 0 atom stereocenters. The van der Waals surface area contributed by atoms with Crippen LogP contribution in [-0.4, -0.2) is 5.78 Å². The van der Waals surface area contributed by atoms with E-state index in [1.54, 1.807) is 6.07 Å². The monoisotopic (exact) mass is 95.0 g/mol. The third-order valence-electron chi connectivity index (χ3n) is 0.393. The van der Waals surface area contributed by atoms with Crippen molar-refractivity contribution in [3.8, 4) is 6.07 Å². The Labute approximate surface area is 42.1 Å². The van der Waals surface area contributed by atoms with Crippen LogP contribution in [0.4, 0.5) is 0 Å².